The molecule has 0 saturated carbocycles. The molecule has 2 atom stereocenters. The zero-order valence-corrected chi connectivity index (χ0v) is 16.3. The van der Waals surface area contributed by atoms with Crippen LogP contribution >= 0.6 is 0 Å². The molecule has 1 aromatic heterocycles. The van der Waals surface area contributed by atoms with Gasteiger partial charge in [0.2, 0.25) is 0 Å². The van der Waals surface area contributed by atoms with Gasteiger partial charge in [-0.1, -0.05) is 54.6 Å². The number of carbonyl (C=O) groups is 1. The van der Waals surface area contributed by atoms with E-state index in [1.54, 1.807) is 18.1 Å². The van der Waals surface area contributed by atoms with Crippen LogP contribution in [0, 0.1) is 10.1 Å². The summed E-state index contributed by atoms with van der Waals surface area (Å²) in [5.41, 5.74) is 2.29. The van der Waals surface area contributed by atoms with Crippen LogP contribution in [0.15, 0.2) is 76.2 Å². The third-order valence-electron chi connectivity index (χ3n) is 6.17. The Morgan fingerprint density at radius 3 is 2.57 bits per heavy atom. The van der Waals surface area contributed by atoms with Crippen molar-refractivity contribution in [2.45, 2.75) is 24.3 Å². The largest absolute Gasteiger partial charge is 0.433 e. The van der Waals surface area contributed by atoms with E-state index >= 15 is 0 Å². The number of likely N-dealkylation sites (N-methyl/N-ethyl adjacent to an activating group) is 1. The van der Waals surface area contributed by atoms with E-state index in [1.165, 1.54) is 6.07 Å². The molecule has 1 spiro atoms. The van der Waals surface area contributed by atoms with Crippen molar-refractivity contribution in [2.75, 3.05) is 7.05 Å². The number of rotatable bonds is 3. The van der Waals surface area contributed by atoms with Crippen LogP contribution < -0.4 is 0 Å². The molecule has 0 saturated heterocycles. The summed E-state index contributed by atoms with van der Waals surface area (Å²) >= 11 is 0. The molecule has 7 nitrogen and oxygen atoms in total. The van der Waals surface area contributed by atoms with Crippen LogP contribution in [-0.2, 0) is 6.42 Å². The van der Waals surface area contributed by atoms with Crippen LogP contribution in [0.25, 0.3) is 0 Å². The number of nitrogens with zero attached hydrogens (tertiary/aromatic N) is 3. The number of ketones is 1. The Morgan fingerprint density at radius 1 is 1.10 bits per heavy atom. The number of Topliss-reactive ketones (excluding diaryl/α,β-unsaturated/α-hetero) is 1. The summed E-state index contributed by atoms with van der Waals surface area (Å²) in [6.45, 7) is 0. The highest BCUT2D eigenvalue weighted by molar-refractivity contribution is 6.15. The van der Waals surface area contributed by atoms with Crippen molar-refractivity contribution in [3.05, 3.63) is 99.3 Å². The van der Waals surface area contributed by atoms with Gasteiger partial charge in [0.1, 0.15) is 16.2 Å². The predicted octanol–water partition coefficient (Wildman–Crippen LogP) is 4.19. The number of aryl methyl sites for hydroxylation is 1. The van der Waals surface area contributed by atoms with Crippen LogP contribution in [-0.4, -0.2) is 34.0 Å². The zero-order valence-electron chi connectivity index (χ0n) is 16.3. The maximum atomic E-state index is 13.9. The summed E-state index contributed by atoms with van der Waals surface area (Å²) in [4.78, 5) is 24.4. The predicted molar refractivity (Wildman–Crippen MR) is 111 cm³/mol. The summed E-state index contributed by atoms with van der Waals surface area (Å²) in [7, 11) is 1.80. The van der Waals surface area contributed by atoms with Crippen LogP contribution in [0.1, 0.15) is 39.6 Å². The maximum absolute atomic E-state index is 13.9. The Balaban J connectivity index is 1.68. The first-order valence-electron chi connectivity index (χ1n) is 9.77. The van der Waals surface area contributed by atoms with Gasteiger partial charge >= 0.3 is 5.88 Å². The first-order chi connectivity index (χ1) is 14.5. The molecule has 2 unspecified atom stereocenters. The second kappa shape index (κ2) is 6.66. The van der Waals surface area contributed by atoms with Crippen molar-refractivity contribution in [1.29, 1.82) is 0 Å². The lowest BCUT2D eigenvalue weighted by Gasteiger charge is -2.42. The first-order valence-corrected chi connectivity index (χ1v) is 9.77. The number of hydrogen-bond acceptors (Lipinski definition) is 6. The average Bonchev–Trinajstić information content (AvgIpc) is 3.36. The van der Waals surface area contributed by atoms with Gasteiger partial charge in [-0.15, -0.1) is 0 Å². The van der Waals surface area contributed by atoms with Crippen molar-refractivity contribution in [3.63, 3.8) is 0 Å². The van der Waals surface area contributed by atoms with E-state index in [9.17, 15) is 14.9 Å². The standard InChI is InChI=1S/C23H19N3O4/c1-25-23(14-13-15-7-5-6-10-17(15)22(23)27)20(16-8-3-2-4-9-16)21(24-25)18-11-12-19(30-18)26(28)29/h2-12,20H,13-14H2,1H3. The minimum absolute atomic E-state index is 0.0144. The van der Waals surface area contributed by atoms with Crippen molar-refractivity contribution < 1.29 is 14.1 Å². The molecular formula is C23H19N3O4. The third-order valence-corrected chi connectivity index (χ3v) is 6.17. The van der Waals surface area contributed by atoms with E-state index in [-0.39, 0.29) is 11.7 Å². The van der Waals surface area contributed by atoms with E-state index in [4.69, 9.17) is 9.52 Å². The molecule has 0 amide bonds. The number of furan rings is 1. The monoisotopic (exact) mass is 401 g/mol. The van der Waals surface area contributed by atoms with Gasteiger partial charge in [0.15, 0.2) is 11.5 Å². The van der Waals surface area contributed by atoms with Gasteiger partial charge in [-0.05, 0) is 30.0 Å². The summed E-state index contributed by atoms with van der Waals surface area (Å²) in [6, 6.07) is 20.2. The molecule has 2 aliphatic rings. The lowest BCUT2D eigenvalue weighted by atomic mass is 9.66. The van der Waals surface area contributed by atoms with Gasteiger partial charge in [0.05, 0.1) is 12.0 Å². The number of nitro groups is 1. The highest BCUT2D eigenvalue weighted by Gasteiger charge is 2.58. The van der Waals surface area contributed by atoms with Crippen molar-refractivity contribution in [2.24, 2.45) is 5.10 Å². The molecule has 2 heterocycles. The fourth-order valence-electron chi connectivity index (χ4n) is 4.77. The smallest absolute Gasteiger partial charge is 0.399 e. The van der Waals surface area contributed by atoms with Crippen LogP contribution in [0.2, 0.25) is 0 Å². The minimum Gasteiger partial charge on any atom is -0.399 e. The number of hydrogen-bond donors (Lipinski definition) is 0. The fourth-order valence-corrected chi connectivity index (χ4v) is 4.77. The summed E-state index contributed by atoms with van der Waals surface area (Å²) in [6.07, 6.45) is 1.34. The van der Waals surface area contributed by atoms with E-state index in [0.29, 0.717) is 23.5 Å². The van der Waals surface area contributed by atoms with Crippen LogP contribution in [0.5, 0.6) is 0 Å². The molecule has 150 valence electrons. The Labute approximate surface area is 172 Å². The molecular weight excluding hydrogens is 382 g/mol. The minimum atomic E-state index is -0.910. The fraction of sp³-hybridized carbons (Fsp3) is 0.217. The number of carbonyl (C=O) groups excluding carboxylic acids is 1. The van der Waals surface area contributed by atoms with Crippen molar-refractivity contribution >= 4 is 17.4 Å². The molecule has 30 heavy (non-hydrogen) atoms. The summed E-state index contributed by atoms with van der Waals surface area (Å²) < 4.78 is 5.50. The Morgan fingerprint density at radius 2 is 1.83 bits per heavy atom. The number of fused-ring (bicyclic) bond motifs is 1. The molecule has 1 aliphatic heterocycles. The van der Waals surface area contributed by atoms with Gasteiger partial charge in [-0.25, -0.2) is 0 Å². The SMILES string of the molecule is CN1N=C(c2ccc([N+](=O)[O-])o2)C(c2ccccc2)C12CCc1ccccc1C2=O. The zero-order chi connectivity index (χ0) is 20.9. The molecule has 1 aliphatic carbocycles. The highest BCUT2D eigenvalue weighted by Crippen LogP contribution is 2.48. The van der Waals surface area contributed by atoms with E-state index in [0.717, 1.165) is 17.5 Å². The number of benzene rings is 2. The van der Waals surface area contributed by atoms with Gasteiger partial charge < -0.3 is 4.42 Å². The van der Waals surface area contributed by atoms with E-state index in [2.05, 4.69) is 0 Å². The lowest BCUT2D eigenvalue weighted by molar-refractivity contribution is -0.402. The van der Waals surface area contributed by atoms with E-state index in [1.807, 2.05) is 54.6 Å². The molecule has 0 fully saturated rings. The first kappa shape index (κ1) is 18.3. The quantitative estimate of drug-likeness (QED) is 0.485. The topological polar surface area (TPSA) is 88.9 Å². The molecule has 3 aromatic rings. The second-order valence-electron chi connectivity index (χ2n) is 7.66. The molecule has 0 bridgehead atoms. The van der Waals surface area contributed by atoms with Gasteiger partial charge in [0, 0.05) is 12.6 Å². The molecule has 0 N–H and O–H groups in total. The van der Waals surface area contributed by atoms with Crippen molar-refractivity contribution in [1.82, 2.24) is 5.01 Å². The number of hydrazone groups is 1. The lowest BCUT2D eigenvalue weighted by Crippen LogP contribution is -2.55. The van der Waals surface area contributed by atoms with Crippen LogP contribution in [0.3, 0.4) is 0 Å². The molecule has 0 radical (unpaired) electrons. The van der Waals surface area contributed by atoms with E-state index < -0.39 is 16.4 Å². The molecule has 2 aromatic carbocycles. The Kier molecular flexibility index (Phi) is 4.06. The third kappa shape index (κ3) is 2.51. The van der Waals surface area contributed by atoms with Gasteiger partial charge in [0.25, 0.3) is 0 Å². The van der Waals surface area contributed by atoms with Gasteiger partial charge in [-0.3, -0.25) is 19.9 Å². The van der Waals surface area contributed by atoms with Crippen LogP contribution in [0.4, 0.5) is 5.88 Å². The second-order valence-corrected chi connectivity index (χ2v) is 7.66. The normalized spacial score (nSPS) is 22.8. The summed E-state index contributed by atoms with van der Waals surface area (Å²) in [5, 5.41) is 17.6. The molecule has 5 rings (SSSR count). The molecule has 7 heteroatoms. The maximum Gasteiger partial charge on any atom is 0.433 e. The highest BCUT2D eigenvalue weighted by atomic mass is 16.6. The Hall–Kier alpha value is -3.74. The summed E-state index contributed by atoms with van der Waals surface area (Å²) in [5.74, 6) is -0.426. The Bertz CT molecular complexity index is 1180. The van der Waals surface area contributed by atoms with Gasteiger partial charge in [-0.2, -0.15) is 5.10 Å². The van der Waals surface area contributed by atoms with Crippen molar-refractivity contribution in [3.8, 4) is 0 Å². The average molecular weight is 401 g/mol.